The van der Waals surface area contributed by atoms with Crippen LogP contribution in [0.2, 0.25) is 0 Å². The summed E-state index contributed by atoms with van der Waals surface area (Å²) in [5.41, 5.74) is 10.0. The van der Waals surface area contributed by atoms with Crippen LogP contribution in [0.1, 0.15) is 11.1 Å². The van der Waals surface area contributed by atoms with Crippen LogP contribution >= 0.6 is 0 Å². The number of hydrogen-bond donors (Lipinski definition) is 2. The summed E-state index contributed by atoms with van der Waals surface area (Å²) in [6.07, 6.45) is 1.72. The number of nitrogen functional groups attached to an aromatic ring is 1. The standard InChI is InChI=1S/C12H15N3O/c1-7-4-8(2)11(10(5-7)16-3)9-6-14-15-12(9)13/h4-6H,1-3H3,(H3,13,14,15). The molecule has 0 saturated carbocycles. The zero-order valence-electron chi connectivity index (χ0n) is 9.66. The van der Waals surface area contributed by atoms with Crippen molar-refractivity contribution in [2.75, 3.05) is 12.8 Å². The van der Waals surface area contributed by atoms with Gasteiger partial charge in [-0.1, -0.05) is 6.07 Å². The van der Waals surface area contributed by atoms with E-state index in [1.165, 1.54) is 5.56 Å². The SMILES string of the molecule is COc1cc(C)cc(C)c1-c1cn[nH]c1N. The van der Waals surface area contributed by atoms with E-state index in [1.54, 1.807) is 13.3 Å². The van der Waals surface area contributed by atoms with Gasteiger partial charge in [-0.05, 0) is 31.0 Å². The third-order valence-corrected chi connectivity index (χ3v) is 2.60. The Kier molecular flexibility index (Phi) is 2.56. The molecule has 2 rings (SSSR count). The molecule has 0 saturated heterocycles. The molecule has 16 heavy (non-hydrogen) atoms. The molecule has 0 aliphatic heterocycles. The van der Waals surface area contributed by atoms with Gasteiger partial charge in [0.2, 0.25) is 0 Å². The zero-order chi connectivity index (χ0) is 11.7. The van der Waals surface area contributed by atoms with E-state index in [1.807, 2.05) is 19.9 Å². The van der Waals surface area contributed by atoms with Crippen LogP contribution < -0.4 is 10.5 Å². The Hall–Kier alpha value is -1.97. The molecule has 1 heterocycles. The van der Waals surface area contributed by atoms with E-state index in [0.717, 1.165) is 22.4 Å². The lowest BCUT2D eigenvalue weighted by atomic mass is 9.99. The molecule has 0 aliphatic rings. The van der Waals surface area contributed by atoms with Gasteiger partial charge in [0.1, 0.15) is 11.6 Å². The summed E-state index contributed by atoms with van der Waals surface area (Å²) in [6.45, 7) is 4.08. The summed E-state index contributed by atoms with van der Waals surface area (Å²) in [5.74, 6) is 1.39. The van der Waals surface area contributed by atoms with Gasteiger partial charge in [-0.25, -0.2) is 0 Å². The van der Waals surface area contributed by atoms with Gasteiger partial charge in [0, 0.05) is 11.1 Å². The van der Waals surface area contributed by atoms with E-state index in [9.17, 15) is 0 Å². The third kappa shape index (κ3) is 1.62. The van der Waals surface area contributed by atoms with Crippen LogP contribution in [0, 0.1) is 13.8 Å². The average Bonchev–Trinajstić information content (AvgIpc) is 2.63. The molecule has 1 aromatic heterocycles. The van der Waals surface area contributed by atoms with Crippen molar-refractivity contribution in [3.63, 3.8) is 0 Å². The fraction of sp³-hybridized carbons (Fsp3) is 0.250. The van der Waals surface area contributed by atoms with Crippen LogP contribution in [0.25, 0.3) is 11.1 Å². The predicted octanol–water partition coefficient (Wildman–Crippen LogP) is 2.28. The highest BCUT2D eigenvalue weighted by Gasteiger charge is 2.13. The maximum absolute atomic E-state index is 5.83. The highest BCUT2D eigenvalue weighted by molar-refractivity contribution is 5.80. The summed E-state index contributed by atoms with van der Waals surface area (Å²) in [4.78, 5) is 0. The maximum Gasteiger partial charge on any atom is 0.127 e. The molecule has 84 valence electrons. The van der Waals surface area contributed by atoms with E-state index in [0.29, 0.717) is 5.82 Å². The Bertz CT molecular complexity index is 517. The number of aromatic nitrogens is 2. The van der Waals surface area contributed by atoms with Crippen LogP contribution in [0.3, 0.4) is 0 Å². The lowest BCUT2D eigenvalue weighted by Gasteiger charge is -2.12. The van der Waals surface area contributed by atoms with Crippen LogP contribution in [0.4, 0.5) is 5.82 Å². The zero-order valence-corrected chi connectivity index (χ0v) is 9.66. The second-order valence-corrected chi connectivity index (χ2v) is 3.86. The minimum Gasteiger partial charge on any atom is -0.496 e. The number of rotatable bonds is 2. The molecule has 2 aromatic rings. The van der Waals surface area contributed by atoms with E-state index in [-0.39, 0.29) is 0 Å². The number of ether oxygens (including phenoxy) is 1. The number of nitrogens with one attached hydrogen (secondary N) is 1. The number of aryl methyl sites for hydroxylation is 2. The number of nitrogens with zero attached hydrogens (tertiary/aromatic N) is 1. The van der Waals surface area contributed by atoms with E-state index >= 15 is 0 Å². The number of benzene rings is 1. The molecule has 0 fully saturated rings. The summed E-state index contributed by atoms with van der Waals surface area (Å²) >= 11 is 0. The lowest BCUT2D eigenvalue weighted by Crippen LogP contribution is -1.94. The number of nitrogens with two attached hydrogens (primary N) is 1. The van der Waals surface area contributed by atoms with Gasteiger partial charge in [-0.2, -0.15) is 5.10 Å². The molecule has 0 amide bonds. The maximum atomic E-state index is 5.83. The Morgan fingerprint density at radius 2 is 2.06 bits per heavy atom. The van der Waals surface area contributed by atoms with Crippen LogP contribution in [-0.4, -0.2) is 17.3 Å². The van der Waals surface area contributed by atoms with Crippen molar-refractivity contribution in [1.29, 1.82) is 0 Å². The normalized spacial score (nSPS) is 10.4. The Morgan fingerprint density at radius 1 is 1.31 bits per heavy atom. The van der Waals surface area contributed by atoms with Gasteiger partial charge in [0.05, 0.1) is 13.3 Å². The molecule has 0 spiro atoms. The fourth-order valence-corrected chi connectivity index (χ4v) is 1.93. The smallest absolute Gasteiger partial charge is 0.127 e. The first-order chi connectivity index (χ1) is 7.63. The highest BCUT2D eigenvalue weighted by atomic mass is 16.5. The predicted molar refractivity (Wildman–Crippen MR) is 64.5 cm³/mol. The van der Waals surface area contributed by atoms with E-state index in [2.05, 4.69) is 16.3 Å². The number of H-pyrrole nitrogens is 1. The van der Waals surface area contributed by atoms with Gasteiger partial charge >= 0.3 is 0 Å². The van der Waals surface area contributed by atoms with Crippen molar-refractivity contribution in [3.05, 3.63) is 29.5 Å². The number of hydrogen-bond acceptors (Lipinski definition) is 3. The molecule has 0 atom stereocenters. The van der Waals surface area contributed by atoms with Gasteiger partial charge in [-0.3, -0.25) is 5.10 Å². The van der Waals surface area contributed by atoms with Crippen molar-refractivity contribution in [2.24, 2.45) is 0 Å². The first-order valence-corrected chi connectivity index (χ1v) is 5.08. The minimum absolute atomic E-state index is 0.560. The molecule has 0 bridgehead atoms. The molecule has 0 aliphatic carbocycles. The Morgan fingerprint density at radius 3 is 2.62 bits per heavy atom. The molecular weight excluding hydrogens is 202 g/mol. The van der Waals surface area contributed by atoms with Gasteiger partial charge in [-0.15, -0.1) is 0 Å². The average molecular weight is 217 g/mol. The van der Waals surface area contributed by atoms with Crippen molar-refractivity contribution in [2.45, 2.75) is 13.8 Å². The van der Waals surface area contributed by atoms with Crippen LogP contribution in [0.5, 0.6) is 5.75 Å². The van der Waals surface area contributed by atoms with Crippen LogP contribution in [0.15, 0.2) is 18.3 Å². The molecular formula is C12H15N3O. The Balaban J connectivity index is 2.69. The van der Waals surface area contributed by atoms with Gasteiger partial charge in [0.25, 0.3) is 0 Å². The molecule has 4 heteroatoms. The second kappa shape index (κ2) is 3.89. The topological polar surface area (TPSA) is 63.9 Å². The number of methoxy groups -OCH3 is 1. The van der Waals surface area contributed by atoms with Gasteiger partial charge < -0.3 is 10.5 Å². The van der Waals surface area contributed by atoms with Crippen LogP contribution in [-0.2, 0) is 0 Å². The highest BCUT2D eigenvalue weighted by Crippen LogP contribution is 2.36. The second-order valence-electron chi connectivity index (χ2n) is 3.86. The molecule has 0 unspecified atom stereocenters. The lowest BCUT2D eigenvalue weighted by molar-refractivity contribution is 0.416. The fourth-order valence-electron chi connectivity index (χ4n) is 1.93. The molecule has 4 nitrogen and oxygen atoms in total. The summed E-state index contributed by atoms with van der Waals surface area (Å²) in [5, 5.41) is 6.66. The molecule has 0 radical (unpaired) electrons. The largest absolute Gasteiger partial charge is 0.496 e. The van der Waals surface area contributed by atoms with E-state index < -0.39 is 0 Å². The quantitative estimate of drug-likeness (QED) is 0.811. The minimum atomic E-state index is 0.560. The first kappa shape index (κ1) is 10.5. The monoisotopic (exact) mass is 217 g/mol. The van der Waals surface area contributed by atoms with Gasteiger partial charge in [0.15, 0.2) is 0 Å². The molecule has 3 N–H and O–H groups in total. The Labute approximate surface area is 94.4 Å². The molecule has 1 aromatic carbocycles. The van der Waals surface area contributed by atoms with Crippen molar-refractivity contribution in [3.8, 4) is 16.9 Å². The number of aromatic amines is 1. The summed E-state index contributed by atoms with van der Waals surface area (Å²) in [7, 11) is 1.66. The first-order valence-electron chi connectivity index (χ1n) is 5.08. The van der Waals surface area contributed by atoms with Crippen molar-refractivity contribution in [1.82, 2.24) is 10.2 Å². The third-order valence-electron chi connectivity index (χ3n) is 2.60. The number of anilines is 1. The van der Waals surface area contributed by atoms with Crippen molar-refractivity contribution < 1.29 is 4.74 Å². The van der Waals surface area contributed by atoms with E-state index in [4.69, 9.17) is 10.5 Å². The van der Waals surface area contributed by atoms with Crippen molar-refractivity contribution >= 4 is 5.82 Å². The summed E-state index contributed by atoms with van der Waals surface area (Å²) in [6, 6.07) is 4.10. The summed E-state index contributed by atoms with van der Waals surface area (Å²) < 4.78 is 5.39.